The molecule has 2 aliphatic rings. The summed E-state index contributed by atoms with van der Waals surface area (Å²) >= 11 is 0. The summed E-state index contributed by atoms with van der Waals surface area (Å²) in [4.78, 5) is 12.5. The maximum Gasteiger partial charge on any atom is 0.311 e. The Morgan fingerprint density at radius 3 is 2.62 bits per heavy atom. The Morgan fingerprint density at radius 2 is 2.00 bits per heavy atom. The van der Waals surface area contributed by atoms with E-state index in [4.69, 9.17) is 4.74 Å². The highest BCUT2D eigenvalue weighted by atomic mass is 16.5. The average molecular weight is 330 g/mol. The molecule has 4 unspecified atom stereocenters. The maximum atomic E-state index is 12.5. The van der Waals surface area contributed by atoms with Crippen LogP contribution in [0.5, 0.6) is 0 Å². The third-order valence-corrected chi connectivity index (χ3v) is 6.76. The van der Waals surface area contributed by atoms with Gasteiger partial charge in [-0.05, 0) is 60.1 Å². The zero-order valence-electron chi connectivity index (χ0n) is 15.6. The fourth-order valence-electron chi connectivity index (χ4n) is 5.28. The third kappa shape index (κ3) is 2.40. The minimum absolute atomic E-state index is 0.0781. The number of methoxy groups -OCH3 is 1. The van der Waals surface area contributed by atoms with E-state index in [-0.39, 0.29) is 17.3 Å². The van der Waals surface area contributed by atoms with Gasteiger partial charge in [0.15, 0.2) is 0 Å². The monoisotopic (exact) mass is 330 g/mol. The number of carbonyl (C=O) groups is 1. The van der Waals surface area contributed by atoms with Gasteiger partial charge < -0.3 is 9.84 Å². The van der Waals surface area contributed by atoms with Gasteiger partial charge in [-0.15, -0.1) is 0 Å². The molecular formula is C21H30O3. The number of benzene rings is 1. The first kappa shape index (κ1) is 17.5. The van der Waals surface area contributed by atoms with Crippen molar-refractivity contribution in [2.24, 2.45) is 11.3 Å². The number of hydrogen-bond acceptors (Lipinski definition) is 3. The molecule has 0 aliphatic heterocycles. The van der Waals surface area contributed by atoms with E-state index in [1.807, 2.05) is 6.92 Å². The van der Waals surface area contributed by atoms with Crippen LogP contribution in [0.2, 0.25) is 0 Å². The normalized spacial score (nSPS) is 35.3. The number of rotatable bonds is 2. The van der Waals surface area contributed by atoms with Crippen LogP contribution in [-0.2, 0) is 14.9 Å². The second-order valence-corrected chi connectivity index (χ2v) is 8.49. The standard InChI is InChI=1S/C21H30O3/c1-13(2)14-7-8-16-15(11-14)17(22)12-18-20(16,3)9-6-10-21(18,4)19(23)24-5/h7-8,11,13,17-18,22H,6,9-10,12H2,1-5H3. The first-order chi connectivity index (χ1) is 11.2. The fraction of sp³-hybridized carbons (Fsp3) is 0.667. The van der Waals surface area contributed by atoms with E-state index in [0.717, 1.165) is 24.8 Å². The summed E-state index contributed by atoms with van der Waals surface area (Å²) in [6.07, 6.45) is 3.05. The molecule has 4 atom stereocenters. The van der Waals surface area contributed by atoms with E-state index in [9.17, 15) is 9.90 Å². The van der Waals surface area contributed by atoms with Crippen LogP contribution in [0.25, 0.3) is 0 Å². The number of ether oxygens (including phenoxy) is 1. The van der Waals surface area contributed by atoms with E-state index >= 15 is 0 Å². The molecule has 0 radical (unpaired) electrons. The Balaban J connectivity index is 2.12. The number of carbonyl (C=O) groups excluding carboxylic acids is 1. The van der Waals surface area contributed by atoms with Crippen LogP contribution in [0.1, 0.15) is 82.1 Å². The highest BCUT2D eigenvalue weighted by molar-refractivity contribution is 5.77. The zero-order chi connectivity index (χ0) is 17.7. The van der Waals surface area contributed by atoms with E-state index < -0.39 is 11.5 Å². The Labute approximate surface area is 145 Å². The van der Waals surface area contributed by atoms with Crippen LogP contribution >= 0.6 is 0 Å². The molecule has 0 saturated heterocycles. The molecule has 3 rings (SSSR count). The lowest BCUT2D eigenvalue weighted by Crippen LogP contribution is -2.53. The van der Waals surface area contributed by atoms with Crippen LogP contribution in [-0.4, -0.2) is 18.2 Å². The summed E-state index contributed by atoms with van der Waals surface area (Å²) in [7, 11) is 1.47. The van der Waals surface area contributed by atoms with Crippen LogP contribution in [0.3, 0.4) is 0 Å². The molecule has 2 aliphatic carbocycles. The van der Waals surface area contributed by atoms with Crippen LogP contribution in [0.15, 0.2) is 18.2 Å². The summed E-state index contributed by atoms with van der Waals surface area (Å²) in [6, 6.07) is 6.56. The Morgan fingerprint density at radius 1 is 1.29 bits per heavy atom. The van der Waals surface area contributed by atoms with E-state index in [2.05, 4.69) is 39.0 Å². The molecule has 0 spiro atoms. The molecule has 1 aromatic carbocycles. The van der Waals surface area contributed by atoms with Crippen LogP contribution in [0, 0.1) is 11.3 Å². The van der Waals surface area contributed by atoms with Crippen molar-refractivity contribution in [3.63, 3.8) is 0 Å². The highest BCUT2D eigenvalue weighted by Gasteiger charge is 2.57. The quantitative estimate of drug-likeness (QED) is 0.813. The van der Waals surface area contributed by atoms with Crippen molar-refractivity contribution < 1.29 is 14.6 Å². The predicted octanol–water partition coefficient (Wildman–Crippen LogP) is 4.48. The van der Waals surface area contributed by atoms with Gasteiger partial charge in [0.05, 0.1) is 18.6 Å². The number of aliphatic hydroxyl groups excluding tert-OH is 1. The smallest absolute Gasteiger partial charge is 0.311 e. The molecule has 1 saturated carbocycles. The number of esters is 1. The molecule has 0 heterocycles. The van der Waals surface area contributed by atoms with Gasteiger partial charge in [-0.25, -0.2) is 0 Å². The minimum Gasteiger partial charge on any atom is -0.469 e. The van der Waals surface area contributed by atoms with Gasteiger partial charge in [0.25, 0.3) is 0 Å². The lowest BCUT2D eigenvalue weighted by molar-refractivity contribution is -0.162. The molecule has 0 amide bonds. The molecule has 1 aromatic rings. The van der Waals surface area contributed by atoms with Crippen LogP contribution < -0.4 is 0 Å². The van der Waals surface area contributed by atoms with Gasteiger partial charge in [0.2, 0.25) is 0 Å². The summed E-state index contributed by atoms with van der Waals surface area (Å²) in [5.41, 5.74) is 2.96. The first-order valence-corrected chi connectivity index (χ1v) is 9.15. The summed E-state index contributed by atoms with van der Waals surface area (Å²) in [6.45, 7) is 8.66. The lowest BCUT2D eigenvalue weighted by Gasteiger charge is -2.55. The van der Waals surface area contributed by atoms with Crippen LogP contribution in [0.4, 0.5) is 0 Å². The number of fused-ring (bicyclic) bond motifs is 3. The average Bonchev–Trinajstić information content (AvgIpc) is 2.56. The Hall–Kier alpha value is -1.35. The summed E-state index contributed by atoms with van der Waals surface area (Å²) < 4.78 is 5.14. The topological polar surface area (TPSA) is 46.5 Å². The Kier molecular flexibility index (Phi) is 4.28. The largest absolute Gasteiger partial charge is 0.469 e. The molecular weight excluding hydrogens is 300 g/mol. The molecule has 1 N–H and O–H groups in total. The first-order valence-electron chi connectivity index (χ1n) is 9.15. The molecule has 0 bridgehead atoms. The third-order valence-electron chi connectivity index (χ3n) is 6.76. The molecule has 24 heavy (non-hydrogen) atoms. The van der Waals surface area contributed by atoms with Crippen molar-refractivity contribution in [1.29, 1.82) is 0 Å². The van der Waals surface area contributed by atoms with Crippen molar-refractivity contribution in [3.05, 3.63) is 34.9 Å². The van der Waals surface area contributed by atoms with Gasteiger partial charge in [0.1, 0.15) is 0 Å². The molecule has 3 nitrogen and oxygen atoms in total. The number of hydrogen-bond donors (Lipinski definition) is 1. The van der Waals surface area contributed by atoms with Gasteiger partial charge >= 0.3 is 5.97 Å². The van der Waals surface area contributed by atoms with Crippen molar-refractivity contribution in [2.75, 3.05) is 7.11 Å². The van der Waals surface area contributed by atoms with Gasteiger partial charge in [-0.1, -0.05) is 45.4 Å². The highest BCUT2D eigenvalue weighted by Crippen LogP contribution is 2.59. The van der Waals surface area contributed by atoms with Crippen molar-refractivity contribution in [2.45, 2.75) is 70.8 Å². The molecule has 132 valence electrons. The predicted molar refractivity (Wildman–Crippen MR) is 94.9 cm³/mol. The SMILES string of the molecule is COC(=O)C1(C)CCCC2(C)c3ccc(C(C)C)cc3C(O)CC12. The lowest BCUT2D eigenvalue weighted by atomic mass is 9.49. The fourth-order valence-corrected chi connectivity index (χ4v) is 5.28. The zero-order valence-corrected chi connectivity index (χ0v) is 15.6. The van der Waals surface area contributed by atoms with Crippen molar-refractivity contribution >= 4 is 5.97 Å². The Bertz CT molecular complexity index is 650. The van der Waals surface area contributed by atoms with Gasteiger partial charge in [-0.2, -0.15) is 0 Å². The van der Waals surface area contributed by atoms with E-state index in [0.29, 0.717) is 12.3 Å². The van der Waals surface area contributed by atoms with E-state index in [1.165, 1.54) is 18.2 Å². The molecule has 1 fully saturated rings. The summed E-state index contributed by atoms with van der Waals surface area (Å²) in [5, 5.41) is 10.9. The maximum absolute atomic E-state index is 12.5. The second kappa shape index (κ2) is 5.87. The molecule has 3 heteroatoms. The van der Waals surface area contributed by atoms with Gasteiger partial charge in [-0.3, -0.25) is 4.79 Å². The van der Waals surface area contributed by atoms with Crippen molar-refractivity contribution in [3.8, 4) is 0 Å². The summed E-state index contributed by atoms with van der Waals surface area (Å²) in [5.74, 6) is 0.422. The number of aliphatic hydroxyl groups is 1. The van der Waals surface area contributed by atoms with Crippen molar-refractivity contribution in [1.82, 2.24) is 0 Å². The molecule has 0 aromatic heterocycles. The second-order valence-electron chi connectivity index (χ2n) is 8.49. The van der Waals surface area contributed by atoms with E-state index in [1.54, 1.807) is 0 Å². The van der Waals surface area contributed by atoms with Gasteiger partial charge in [0, 0.05) is 0 Å². The minimum atomic E-state index is -0.517.